The van der Waals surface area contributed by atoms with Gasteiger partial charge in [-0.1, -0.05) is 18.2 Å². The molecule has 1 N–H and O–H groups in total. The lowest BCUT2D eigenvalue weighted by molar-refractivity contribution is 0.0494. The first-order valence-corrected chi connectivity index (χ1v) is 9.06. The zero-order valence-corrected chi connectivity index (χ0v) is 15.1. The van der Waals surface area contributed by atoms with Crippen LogP contribution in [0.3, 0.4) is 0 Å². The highest BCUT2D eigenvalue weighted by molar-refractivity contribution is 5.20. The van der Waals surface area contributed by atoms with Gasteiger partial charge in [-0.25, -0.2) is 9.67 Å². The van der Waals surface area contributed by atoms with Gasteiger partial charge in [0, 0.05) is 19.6 Å². The first-order chi connectivity index (χ1) is 12.1. The number of β-amino-alcohol motifs (C(OH)–C–C–N with tert-alkyl or cyclic N) is 1. The predicted octanol–water partition coefficient (Wildman–Crippen LogP) is 2.05. The molecular formula is C19H28N4O2. The monoisotopic (exact) mass is 344 g/mol. The third-order valence-electron chi connectivity index (χ3n) is 4.65. The van der Waals surface area contributed by atoms with Crippen molar-refractivity contribution in [1.82, 2.24) is 19.7 Å². The van der Waals surface area contributed by atoms with Crippen molar-refractivity contribution in [3.8, 4) is 5.75 Å². The van der Waals surface area contributed by atoms with Gasteiger partial charge < -0.3 is 14.7 Å². The van der Waals surface area contributed by atoms with E-state index in [1.165, 1.54) is 6.42 Å². The van der Waals surface area contributed by atoms with Crippen LogP contribution in [0.4, 0.5) is 0 Å². The molecule has 0 bridgehead atoms. The van der Waals surface area contributed by atoms with Gasteiger partial charge in [0.15, 0.2) is 0 Å². The van der Waals surface area contributed by atoms with E-state index in [9.17, 15) is 5.11 Å². The van der Waals surface area contributed by atoms with Gasteiger partial charge in [0.05, 0.1) is 0 Å². The Balaban J connectivity index is 1.45. The normalized spacial score (nSPS) is 19.7. The summed E-state index contributed by atoms with van der Waals surface area (Å²) in [7, 11) is 0. The number of hydrogen-bond donors (Lipinski definition) is 1. The van der Waals surface area contributed by atoms with Gasteiger partial charge in [0.25, 0.3) is 0 Å². The molecule has 6 nitrogen and oxygen atoms in total. The maximum Gasteiger partial charge on any atom is 0.147 e. The molecule has 25 heavy (non-hydrogen) atoms. The van der Waals surface area contributed by atoms with Crippen LogP contribution in [-0.2, 0) is 6.54 Å². The van der Waals surface area contributed by atoms with Gasteiger partial charge >= 0.3 is 0 Å². The fraction of sp³-hybridized carbons (Fsp3) is 0.579. The number of ether oxygens (including phenoxy) is 1. The van der Waals surface area contributed by atoms with Crippen molar-refractivity contribution in [2.24, 2.45) is 5.92 Å². The summed E-state index contributed by atoms with van der Waals surface area (Å²) in [6.45, 7) is 7.84. The lowest BCUT2D eigenvalue weighted by Crippen LogP contribution is -2.42. The Labute approximate surface area is 149 Å². The number of aryl methyl sites for hydroxylation is 2. The topological polar surface area (TPSA) is 63.4 Å². The molecule has 136 valence electrons. The first-order valence-electron chi connectivity index (χ1n) is 9.06. The summed E-state index contributed by atoms with van der Waals surface area (Å²) in [5.41, 5.74) is 0. The predicted molar refractivity (Wildman–Crippen MR) is 96.6 cm³/mol. The Bertz CT molecular complexity index is 659. The van der Waals surface area contributed by atoms with Crippen molar-refractivity contribution < 1.29 is 9.84 Å². The van der Waals surface area contributed by atoms with E-state index in [2.05, 4.69) is 15.0 Å². The highest BCUT2D eigenvalue weighted by Crippen LogP contribution is 2.19. The fourth-order valence-electron chi connectivity index (χ4n) is 3.50. The minimum atomic E-state index is -0.477. The van der Waals surface area contributed by atoms with Crippen molar-refractivity contribution in [3.63, 3.8) is 0 Å². The molecule has 1 aliphatic heterocycles. The van der Waals surface area contributed by atoms with Crippen LogP contribution in [0.25, 0.3) is 0 Å². The SMILES string of the molecule is Cc1nc(C)n(C[C@@H]2CCCN(C[C@H](O)COc3ccccc3)C2)n1. The van der Waals surface area contributed by atoms with Crippen LogP contribution in [0.15, 0.2) is 30.3 Å². The summed E-state index contributed by atoms with van der Waals surface area (Å²) in [4.78, 5) is 6.72. The van der Waals surface area contributed by atoms with Gasteiger partial charge in [-0.3, -0.25) is 0 Å². The number of benzene rings is 1. The first kappa shape index (κ1) is 17.9. The number of para-hydroxylation sites is 1. The van der Waals surface area contributed by atoms with Crippen LogP contribution in [0.5, 0.6) is 5.75 Å². The third kappa shape index (κ3) is 5.28. The Morgan fingerprint density at radius 2 is 2.08 bits per heavy atom. The average Bonchev–Trinajstić information content (AvgIpc) is 2.91. The molecule has 0 amide bonds. The number of aromatic nitrogens is 3. The van der Waals surface area contributed by atoms with E-state index in [-0.39, 0.29) is 0 Å². The van der Waals surface area contributed by atoms with Crippen LogP contribution in [0.2, 0.25) is 0 Å². The molecule has 0 saturated carbocycles. The summed E-state index contributed by atoms with van der Waals surface area (Å²) in [5.74, 6) is 3.16. The summed E-state index contributed by atoms with van der Waals surface area (Å²) < 4.78 is 7.66. The highest BCUT2D eigenvalue weighted by atomic mass is 16.5. The van der Waals surface area contributed by atoms with Gasteiger partial charge in [-0.15, -0.1) is 0 Å². The largest absolute Gasteiger partial charge is 0.491 e. The quantitative estimate of drug-likeness (QED) is 0.833. The van der Waals surface area contributed by atoms with Crippen molar-refractivity contribution in [1.29, 1.82) is 0 Å². The van der Waals surface area contributed by atoms with E-state index >= 15 is 0 Å². The summed E-state index contributed by atoms with van der Waals surface area (Å²) in [6.07, 6.45) is 1.88. The smallest absolute Gasteiger partial charge is 0.147 e. The highest BCUT2D eigenvalue weighted by Gasteiger charge is 2.23. The van der Waals surface area contributed by atoms with Crippen LogP contribution in [0.1, 0.15) is 24.5 Å². The van der Waals surface area contributed by atoms with E-state index in [0.717, 1.165) is 43.5 Å². The molecule has 0 spiro atoms. The lowest BCUT2D eigenvalue weighted by atomic mass is 9.98. The van der Waals surface area contributed by atoms with Crippen LogP contribution < -0.4 is 4.74 Å². The zero-order chi connectivity index (χ0) is 17.6. The number of likely N-dealkylation sites (tertiary alicyclic amines) is 1. The minimum absolute atomic E-state index is 0.326. The van der Waals surface area contributed by atoms with Crippen molar-refractivity contribution in [2.45, 2.75) is 39.3 Å². The van der Waals surface area contributed by atoms with E-state index in [1.54, 1.807) is 0 Å². The molecule has 0 unspecified atom stereocenters. The molecule has 1 saturated heterocycles. The van der Waals surface area contributed by atoms with Gasteiger partial charge in [0.1, 0.15) is 30.1 Å². The van der Waals surface area contributed by atoms with Crippen LogP contribution in [-0.4, -0.2) is 57.1 Å². The molecule has 0 radical (unpaired) electrons. The van der Waals surface area contributed by atoms with E-state index in [1.807, 2.05) is 48.9 Å². The second-order valence-corrected chi connectivity index (χ2v) is 6.93. The summed E-state index contributed by atoms with van der Waals surface area (Å²) in [6, 6.07) is 9.64. The number of aliphatic hydroxyl groups excluding tert-OH is 1. The fourth-order valence-corrected chi connectivity index (χ4v) is 3.50. The molecule has 1 aromatic heterocycles. The van der Waals surface area contributed by atoms with Gasteiger partial charge in [0.2, 0.25) is 0 Å². The molecule has 3 rings (SSSR count). The van der Waals surface area contributed by atoms with Crippen molar-refractivity contribution in [2.75, 3.05) is 26.2 Å². The molecule has 1 aliphatic rings. The molecule has 2 aromatic rings. The average molecular weight is 344 g/mol. The molecule has 2 heterocycles. The Morgan fingerprint density at radius 3 is 2.80 bits per heavy atom. The number of hydrogen-bond acceptors (Lipinski definition) is 5. The van der Waals surface area contributed by atoms with Gasteiger partial charge in [-0.05, 0) is 51.3 Å². The van der Waals surface area contributed by atoms with Crippen LogP contribution in [0, 0.1) is 19.8 Å². The molecule has 2 atom stereocenters. The molecule has 1 fully saturated rings. The van der Waals surface area contributed by atoms with E-state index < -0.39 is 6.10 Å². The molecular weight excluding hydrogens is 316 g/mol. The van der Waals surface area contributed by atoms with E-state index in [4.69, 9.17) is 4.74 Å². The second-order valence-electron chi connectivity index (χ2n) is 6.93. The number of aliphatic hydroxyl groups is 1. The third-order valence-corrected chi connectivity index (χ3v) is 4.65. The standard InChI is InChI=1S/C19H28N4O2/c1-15-20-16(2)23(21-15)12-17-7-6-10-22(11-17)13-18(24)14-25-19-8-4-3-5-9-19/h3-5,8-9,17-18,24H,6-7,10-14H2,1-2H3/t17-,18+/m1/s1. The van der Waals surface area contributed by atoms with Crippen molar-refractivity contribution >= 4 is 0 Å². The second kappa shape index (κ2) is 8.45. The maximum absolute atomic E-state index is 10.3. The Hall–Kier alpha value is -1.92. The van der Waals surface area contributed by atoms with Crippen molar-refractivity contribution in [3.05, 3.63) is 42.0 Å². The van der Waals surface area contributed by atoms with Gasteiger partial charge in [-0.2, -0.15) is 5.10 Å². The lowest BCUT2D eigenvalue weighted by Gasteiger charge is -2.33. The number of piperidine rings is 1. The van der Waals surface area contributed by atoms with Crippen LogP contribution >= 0.6 is 0 Å². The minimum Gasteiger partial charge on any atom is -0.491 e. The molecule has 1 aromatic carbocycles. The summed E-state index contributed by atoms with van der Waals surface area (Å²) >= 11 is 0. The van der Waals surface area contributed by atoms with E-state index in [0.29, 0.717) is 19.1 Å². The molecule has 6 heteroatoms. The maximum atomic E-state index is 10.3. The number of rotatable bonds is 7. The number of nitrogens with zero attached hydrogens (tertiary/aromatic N) is 4. The zero-order valence-electron chi connectivity index (χ0n) is 15.1. The Morgan fingerprint density at radius 1 is 1.28 bits per heavy atom. The summed E-state index contributed by atoms with van der Waals surface area (Å²) in [5, 5.41) is 14.8. The Kier molecular flexibility index (Phi) is 6.04. The molecule has 0 aliphatic carbocycles.